The van der Waals surface area contributed by atoms with Crippen LogP contribution in [0.15, 0.2) is 48.7 Å². The van der Waals surface area contributed by atoms with Gasteiger partial charge in [-0.15, -0.1) is 0 Å². The zero-order chi connectivity index (χ0) is 15.1. The minimum Gasteiger partial charge on any atom is -0.481 e. The number of ether oxygens (including phenoxy) is 1. The molecule has 0 aliphatic heterocycles. The van der Waals surface area contributed by atoms with Crippen LogP contribution in [-0.2, 0) is 11.3 Å². The lowest BCUT2D eigenvalue weighted by molar-refractivity contribution is -0.121. The van der Waals surface area contributed by atoms with E-state index in [-0.39, 0.29) is 11.8 Å². The van der Waals surface area contributed by atoms with Gasteiger partial charge in [-0.1, -0.05) is 43.3 Å². The highest BCUT2D eigenvalue weighted by molar-refractivity contribution is 5.76. The first-order chi connectivity index (χ1) is 10.2. The van der Waals surface area contributed by atoms with Gasteiger partial charge in [0.2, 0.25) is 11.8 Å². The Kier molecular flexibility index (Phi) is 5.32. The summed E-state index contributed by atoms with van der Waals surface area (Å²) in [7, 11) is 1.58. The molecule has 4 nitrogen and oxygen atoms in total. The van der Waals surface area contributed by atoms with Gasteiger partial charge in [0, 0.05) is 25.2 Å². The summed E-state index contributed by atoms with van der Waals surface area (Å²) in [6.07, 6.45) is 2.19. The second-order valence-electron chi connectivity index (χ2n) is 5.00. The number of carbonyl (C=O) groups is 1. The predicted molar refractivity (Wildman–Crippen MR) is 82.1 cm³/mol. The maximum atomic E-state index is 12.0. The first-order valence-electron chi connectivity index (χ1n) is 6.99. The van der Waals surface area contributed by atoms with Crippen molar-refractivity contribution in [1.82, 2.24) is 10.3 Å². The number of amides is 1. The third-order valence-corrected chi connectivity index (χ3v) is 3.36. The van der Waals surface area contributed by atoms with Crippen molar-refractivity contribution in [2.24, 2.45) is 0 Å². The number of hydrogen-bond donors (Lipinski definition) is 1. The monoisotopic (exact) mass is 284 g/mol. The smallest absolute Gasteiger partial charge is 0.220 e. The van der Waals surface area contributed by atoms with Gasteiger partial charge in [-0.2, -0.15) is 0 Å². The Balaban J connectivity index is 1.81. The van der Waals surface area contributed by atoms with E-state index in [0.29, 0.717) is 18.8 Å². The van der Waals surface area contributed by atoms with Crippen LogP contribution in [-0.4, -0.2) is 18.0 Å². The summed E-state index contributed by atoms with van der Waals surface area (Å²) in [5.41, 5.74) is 2.13. The minimum atomic E-state index is 0.0437. The van der Waals surface area contributed by atoms with Crippen molar-refractivity contribution in [1.29, 1.82) is 0 Å². The maximum Gasteiger partial charge on any atom is 0.220 e. The number of carbonyl (C=O) groups excluding carboxylic acids is 1. The van der Waals surface area contributed by atoms with E-state index in [9.17, 15) is 4.79 Å². The Hall–Kier alpha value is -2.36. The van der Waals surface area contributed by atoms with Gasteiger partial charge in [0.25, 0.3) is 0 Å². The molecule has 0 bridgehead atoms. The maximum absolute atomic E-state index is 12.0. The predicted octanol–water partition coefficient (Wildman–Crippen LogP) is 2.90. The molecule has 4 heteroatoms. The molecule has 0 saturated heterocycles. The molecule has 1 aromatic carbocycles. The fourth-order valence-electron chi connectivity index (χ4n) is 2.09. The van der Waals surface area contributed by atoms with Gasteiger partial charge in [0.05, 0.1) is 7.11 Å². The minimum absolute atomic E-state index is 0.0437. The molecule has 1 aromatic heterocycles. The number of methoxy groups -OCH3 is 1. The average Bonchev–Trinajstić information content (AvgIpc) is 2.54. The SMILES string of the molecule is COc1ccc(CNC(=O)C[C@H](C)c2ccccc2)cn1. The molecule has 2 aromatic rings. The summed E-state index contributed by atoms with van der Waals surface area (Å²) in [6, 6.07) is 13.7. The average molecular weight is 284 g/mol. The van der Waals surface area contributed by atoms with Crippen LogP contribution < -0.4 is 10.1 Å². The number of nitrogens with one attached hydrogen (secondary N) is 1. The molecule has 0 aliphatic rings. The number of hydrogen-bond acceptors (Lipinski definition) is 3. The van der Waals surface area contributed by atoms with Crippen molar-refractivity contribution in [3.05, 3.63) is 59.8 Å². The molecule has 21 heavy (non-hydrogen) atoms. The Morgan fingerprint density at radius 3 is 2.62 bits per heavy atom. The summed E-state index contributed by atoms with van der Waals surface area (Å²) >= 11 is 0. The molecule has 1 N–H and O–H groups in total. The number of rotatable bonds is 6. The molecule has 0 unspecified atom stereocenters. The van der Waals surface area contributed by atoms with Crippen molar-refractivity contribution in [3.63, 3.8) is 0 Å². The van der Waals surface area contributed by atoms with Crippen LogP contribution in [0, 0.1) is 0 Å². The summed E-state index contributed by atoms with van der Waals surface area (Å²) in [4.78, 5) is 16.1. The van der Waals surface area contributed by atoms with Crippen LogP contribution in [0.4, 0.5) is 0 Å². The van der Waals surface area contributed by atoms with E-state index in [1.54, 1.807) is 19.4 Å². The van der Waals surface area contributed by atoms with E-state index < -0.39 is 0 Å². The van der Waals surface area contributed by atoms with Crippen molar-refractivity contribution in [2.75, 3.05) is 7.11 Å². The molecule has 0 fully saturated rings. The van der Waals surface area contributed by atoms with Crippen LogP contribution in [0.2, 0.25) is 0 Å². The summed E-state index contributed by atoms with van der Waals surface area (Å²) in [5.74, 6) is 0.824. The van der Waals surface area contributed by atoms with Crippen LogP contribution in [0.5, 0.6) is 5.88 Å². The third kappa shape index (κ3) is 4.60. The fourth-order valence-corrected chi connectivity index (χ4v) is 2.09. The molecular weight excluding hydrogens is 264 g/mol. The van der Waals surface area contributed by atoms with E-state index >= 15 is 0 Å². The lowest BCUT2D eigenvalue weighted by Crippen LogP contribution is -2.24. The highest BCUT2D eigenvalue weighted by Crippen LogP contribution is 2.18. The van der Waals surface area contributed by atoms with Gasteiger partial charge in [-0.25, -0.2) is 4.98 Å². The van der Waals surface area contributed by atoms with Crippen LogP contribution in [0.1, 0.15) is 30.4 Å². The van der Waals surface area contributed by atoms with E-state index in [4.69, 9.17) is 4.74 Å². The standard InChI is InChI=1S/C17H20N2O2/c1-13(15-6-4-3-5-7-15)10-16(20)18-11-14-8-9-17(21-2)19-12-14/h3-9,12-13H,10-11H2,1-2H3,(H,18,20)/t13-/m0/s1. The summed E-state index contributed by atoms with van der Waals surface area (Å²) in [5, 5.41) is 2.92. The molecule has 1 atom stereocenters. The zero-order valence-corrected chi connectivity index (χ0v) is 12.4. The van der Waals surface area contributed by atoms with Gasteiger partial charge in [0.1, 0.15) is 0 Å². The molecule has 2 rings (SSSR count). The van der Waals surface area contributed by atoms with E-state index in [1.807, 2.05) is 36.4 Å². The summed E-state index contributed by atoms with van der Waals surface area (Å²) < 4.78 is 5.00. The number of pyridine rings is 1. The van der Waals surface area contributed by atoms with E-state index in [0.717, 1.165) is 5.56 Å². The van der Waals surface area contributed by atoms with Crippen molar-refractivity contribution in [2.45, 2.75) is 25.8 Å². The molecule has 0 saturated carbocycles. The third-order valence-electron chi connectivity index (χ3n) is 3.36. The van der Waals surface area contributed by atoms with Gasteiger partial charge in [0.15, 0.2) is 0 Å². The van der Waals surface area contributed by atoms with Crippen LogP contribution in [0.25, 0.3) is 0 Å². The number of aromatic nitrogens is 1. The van der Waals surface area contributed by atoms with E-state index in [2.05, 4.69) is 17.2 Å². The van der Waals surface area contributed by atoms with Crippen LogP contribution >= 0.6 is 0 Å². The van der Waals surface area contributed by atoms with Gasteiger partial charge < -0.3 is 10.1 Å². The lowest BCUT2D eigenvalue weighted by Gasteiger charge is -2.12. The summed E-state index contributed by atoms with van der Waals surface area (Å²) in [6.45, 7) is 2.54. The zero-order valence-electron chi connectivity index (χ0n) is 12.4. The van der Waals surface area contributed by atoms with E-state index in [1.165, 1.54) is 5.56 Å². The molecule has 0 spiro atoms. The number of benzene rings is 1. The highest BCUT2D eigenvalue weighted by atomic mass is 16.5. The van der Waals surface area contributed by atoms with Gasteiger partial charge in [-0.3, -0.25) is 4.79 Å². The highest BCUT2D eigenvalue weighted by Gasteiger charge is 2.10. The Morgan fingerprint density at radius 2 is 2.00 bits per heavy atom. The Labute approximate surface area is 125 Å². The second kappa shape index (κ2) is 7.43. The van der Waals surface area contributed by atoms with Gasteiger partial charge in [-0.05, 0) is 17.0 Å². The normalized spacial score (nSPS) is 11.7. The quantitative estimate of drug-likeness (QED) is 0.887. The van der Waals surface area contributed by atoms with Crippen LogP contribution in [0.3, 0.4) is 0 Å². The topological polar surface area (TPSA) is 51.2 Å². The second-order valence-corrected chi connectivity index (χ2v) is 5.00. The fraction of sp³-hybridized carbons (Fsp3) is 0.294. The largest absolute Gasteiger partial charge is 0.481 e. The molecule has 110 valence electrons. The number of nitrogens with zero attached hydrogens (tertiary/aromatic N) is 1. The molecule has 0 aliphatic carbocycles. The molecule has 1 amide bonds. The Morgan fingerprint density at radius 1 is 1.24 bits per heavy atom. The lowest BCUT2D eigenvalue weighted by atomic mass is 9.97. The first-order valence-corrected chi connectivity index (χ1v) is 6.99. The van der Waals surface area contributed by atoms with Crippen molar-refractivity contribution in [3.8, 4) is 5.88 Å². The van der Waals surface area contributed by atoms with Gasteiger partial charge >= 0.3 is 0 Å². The van der Waals surface area contributed by atoms with Crippen molar-refractivity contribution < 1.29 is 9.53 Å². The molecular formula is C17H20N2O2. The Bertz CT molecular complexity index is 567. The van der Waals surface area contributed by atoms with Crippen molar-refractivity contribution >= 4 is 5.91 Å². The molecule has 0 radical (unpaired) electrons. The molecule has 1 heterocycles. The first kappa shape index (κ1) is 15.0.